The van der Waals surface area contributed by atoms with Gasteiger partial charge in [-0.3, -0.25) is 14.3 Å². The van der Waals surface area contributed by atoms with Crippen LogP contribution in [0, 0.1) is 11.8 Å². The maximum Gasteiger partial charge on any atom is 0.308 e. The van der Waals surface area contributed by atoms with Gasteiger partial charge in [-0.25, -0.2) is 0 Å². The van der Waals surface area contributed by atoms with Crippen LogP contribution < -0.4 is 0 Å². The summed E-state index contributed by atoms with van der Waals surface area (Å²) in [4.78, 5) is 25.2. The van der Waals surface area contributed by atoms with Crippen LogP contribution in [0.1, 0.15) is 43.6 Å². The quantitative estimate of drug-likeness (QED) is 0.912. The zero-order chi connectivity index (χ0) is 14.9. The summed E-state index contributed by atoms with van der Waals surface area (Å²) in [6.07, 6.45) is 3.91. The Hall–Kier alpha value is -1.85. The Morgan fingerprint density at radius 1 is 1.40 bits per heavy atom. The maximum absolute atomic E-state index is 12.4. The molecule has 2 heterocycles. The molecule has 6 nitrogen and oxygen atoms in total. The number of aliphatic carboxylic acids is 1. The van der Waals surface area contributed by atoms with Gasteiger partial charge in [0.25, 0.3) is 5.91 Å². The Bertz CT molecular complexity index is 510. The zero-order valence-corrected chi connectivity index (χ0v) is 12.1. The van der Waals surface area contributed by atoms with E-state index < -0.39 is 11.9 Å². The molecule has 2 unspecified atom stereocenters. The van der Waals surface area contributed by atoms with Crippen LogP contribution in [-0.2, 0) is 4.79 Å². The second-order valence-corrected chi connectivity index (χ2v) is 5.89. The number of carboxylic acids is 1. The van der Waals surface area contributed by atoms with Crippen LogP contribution in [0.4, 0.5) is 0 Å². The summed E-state index contributed by atoms with van der Waals surface area (Å²) < 4.78 is 1.73. The predicted molar refractivity (Wildman–Crippen MR) is 73.4 cm³/mol. The van der Waals surface area contributed by atoms with Crippen molar-refractivity contribution in [1.82, 2.24) is 14.7 Å². The highest BCUT2D eigenvalue weighted by molar-refractivity contribution is 5.94. The molecule has 1 amide bonds. The first-order chi connectivity index (χ1) is 9.38. The molecule has 1 aromatic heterocycles. The van der Waals surface area contributed by atoms with E-state index in [9.17, 15) is 9.59 Å². The predicted octanol–water partition coefficient (Wildman–Crippen LogP) is 1.65. The number of likely N-dealkylation sites (tertiary alicyclic amines) is 1. The van der Waals surface area contributed by atoms with E-state index in [0.717, 1.165) is 0 Å². The molecule has 1 aromatic rings. The molecule has 0 saturated carbocycles. The largest absolute Gasteiger partial charge is 0.481 e. The fourth-order valence-electron chi connectivity index (χ4n) is 2.61. The minimum absolute atomic E-state index is 0.130. The second kappa shape index (κ2) is 5.64. The van der Waals surface area contributed by atoms with Gasteiger partial charge in [-0.05, 0) is 26.2 Å². The van der Waals surface area contributed by atoms with Gasteiger partial charge in [0.15, 0.2) is 0 Å². The molecule has 110 valence electrons. The smallest absolute Gasteiger partial charge is 0.308 e. The van der Waals surface area contributed by atoms with E-state index in [0.29, 0.717) is 18.5 Å². The van der Waals surface area contributed by atoms with Gasteiger partial charge in [-0.1, -0.05) is 6.92 Å². The number of piperidine rings is 1. The minimum atomic E-state index is -0.827. The van der Waals surface area contributed by atoms with Gasteiger partial charge in [0, 0.05) is 25.3 Å². The molecule has 0 bridgehead atoms. The number of hydrogen-bond acceptors (Lipinski definition) is 3. The zero-order valence-electron chi connectivity index (χ0n) is 12.1. The van der Waals surface area contributed by atoms with Crippen LogP contribution in [0.25, 0.3) is 0 Å². The highest BCUT2D eigenvalue weighted by Crippen LogP contribution is 2.23. The van der Waals surface area contributed by atoms with Crippen molar-refractivity contribution in [3.8, 4) is 0 Å². The molecule has 1 fully saturated rings. The van der Waals surface area contributed by atoms with Crippen LogP contribution in [0.15, 0.2) is 12.4 Å². The third kappa shape index (κ3) is 3.00. The third-order valence-electron chi connectivity index (χ3n) is 3.67. The van der Waals surface area contributed by atoms with Crippen molar-refractivity contribution in [2.45, 2.75) is 33.2 Å². The lowest BCUT2D eigenvalue weighted by molar-refractivity contribution is -0.143. The van der Waals surface area contributed by atoms with Crippen LogP contribution in [0.5, 0.6) is 0 Å². The molecule has 6 heteroatoms. The SMILES string of the molecule is CC1CC(C(=O)O)CN(C(=O)c2cnn(C(C)C)c2)C1. The molecule has 20 heavy (non-hydrogen) atoms. The van der Waals surface area contributed by atoms with Gasteiger partial charge in [0.1, 0.15) is 0 Å². The second-order valence-electron chi connectivity index (χ2n) is 5.89. The van der Waals surface area contributed by atoms with Crippen LogP contribution in [0.2, 0.25) is 0 Å². The molecule has 0 aromatic carbocycles. The number of amides is 1. The molecule has 2 atom stereocenters. The molecule has 1 aliphatic rings. The lowest BCUT2D eigenvalue weighted by Gasteiger charge is -2.34. The molecule has 0 radical (unpaired) electrons. The molecule has 1 aliphatic heterocycles. The van der Waals surface area contributed by atoms with E-state index in [1.54, 1.807) is 22.0 Å². The van der Waals surface area contributed by atoms with Gasteiger partial charge in [0.2, 0.25) is 0 Å². The Morgan fingerprint density at radius 2 is 2.10 bits per heavy atom. The van der Waals surface area contributed by atoms with Gasteiger partial charge in [0.05, 0.1) is 17.7 Å². The van der Waals surface area contributed by atoms with E-state index in [1.807, 2.05) is 20.8 Å². The van der Waals surface area contributed by atoms with Gasteiger partial charge < -0.3 is 10.0 Å². The number of aromatic nitrogens is 2. The molecule has 1 N–H and O–H groups in total. The van der Waals surface area contributed by atoms with Gasteiger partial charge in [-0.15, -0.1) is 0 Å². The highest BCUT2D eigenvalue weighted by Gasteiger charge is 2.32. The number of carbonyl (C=O) groups excluding carboxylic acids is 1. The van der Waals surface area contributed by atoms with Crippen molar-refractivity contribution in [2.75, 3.05) is 13.1 Å². The van der Waals surface area contributed by atoms with Gasteiger partial charge >= 0.3 is 5.97 Å². The molecule has 0 aliphatic carbocycles. The summed E-state index contributed by atoms with van der Waals surface area (Å²) in [6.45, 7) is 6.85. The Morgan fingerprint density at radius 3 is 2.65 bits per heavy atom. The topological polar surface area (TPSA) is 75.4 Å². The normalized spacial score (nSPS) is 23.1. The van der Waals surface area contributed by atoms with E-state index in [1.165, 1.54) is 0 Å². The van der Waals surface area contributed by atoms with Crippen LogP contribution in [-0.4, -0.2) is 44.8 Å². The molecule has 0 spiro atoms. The number of carbonyl (C=O) groups is 2. The lowest BCUT2D eigenvalue weighted by atomic mass is 9.90. The number of carboxylic acid groups (broad SMARTS) is 1. The Balaban J connectivity index is 2.12. The molecular formula is C14H21N3O3. The Kier molecular flexibility index (Phi) is 4.11. The summed E-state index contributed by atoms with van der Waals surface area (Å²) in [5.41, 5.74) is 0.525. The van der Waals surface area contributed by atoms with Crippen LogP contribution >= 0.6 is 0 Å². The summed E-state index contributed by atoms with van der Waals surface area (Å²) in [5, 5.41) is 13.3. The number of hydrogen-bond donors (Lipinski definition) is 1. The highest BCUT2D eigenvalue weighted by atomic mass is 16.4. The van der Waals surface area contributed by atoms with Crippen molar-refractivity contribution in [3.05, 3.63) is 18.0 Å². The number of nitrogens with zero attached hydrogens (tertiary/aromatic N) is 3. The fourth-order valence-corrected chi connectivity index (χ4v) is 2.61. The average molecular weight is 279 g/mol. The van der Waals surface area contributed by atoms with Crippen molar-refractivity contribution in [2.24, 2.45) is 11.8 Å². The maximum atomic E-state index is 12.4. The van der Waals surface area contributed by atoms with E-state index in [4.69, 9.17) is 5.11 Å². The Labute approximate surface area is 118 Å². The van der Waals surface area contributed by atoms with Crippen molar-refractivity contribution in [1.29, 1.82) is 0 Å². The van der Waals surface area contributed by atoms with Crippen molar-refractivity contribution >= 4 is 11.9 Å². The average Bonchev–Trinajstić information content (AvgIpc) is 2.86. The summed E-state index contributed by atoms with van der Waals surface area (Å²) in [6, 6.07) is 0.198. The van der Waals surface area contributed by atoms with E-state index in [-0.39, 0.29) is 24.4 Å². The fraction of sp³-hybridized carbons (Fsp3) is 0.643. The van der Waals surface area contributed by atoms with Gasteiger partial charge in [-0.2, -0.15) is 5.10 Å². The van der Waals surface area contributed by atoms with Crippen LogP contribution in [0.3, 0.4) is 0 Å². The van der Waals surface area contributed by atoms with E-state index >= 15 is 0 Å². The monoisotopic (exact) mass is 279 g/mol. The van der Waals surface area contributed by atoms with Crippen molar-refractivity contribution in [3.63, 3.8) is 0 Å². The number of rotatable bonds is 3. The minimum Gasteiger partial charge on any atom is -0.481 e. The summed E-state index contributed by atoms with van der Waals surface area (Å²) >= 11 is 0. The summed E-state index contributed by atoms with van der Waals surface area (Å²) in [5.74, 6) is -1.22. The third-order valence-corrected chi connectivity index (χ3v) is 3.67. The molecule has 1 saturated heterocycles. The van der Waals surface area contributed by atoms with E-state index in [2.05, 4.69) is 5.10 Å². The standard InChI is InChI=1S/C14H21N3O3/c1-9(2)17-8-12(5-15-17)13(18)16-6-10(3)4-11(7-16)14(19)20/h5,8-11H,4,6-7H2,1-3H3,(H,19,20). The first-order valence-electron chi connectivity index (χ1n) is 6.94. The molecular weight excluding hydrogens is 258 g/mol. The first kappa shape index (κ1) is 14.6. The first-order valence-corrected chi connectivity index (χ1v) is 6.94. The van der Waals surface area contributed by atoms with Crippen molar-refractivity contribution < 1.29 is 14.7 Å². The lowest BCUT2D eigenvalue weighted by Crippen LogP contribution is -2.45. The molecule has 2 rings (SSSR count). The summed E-state index contributed by atoms with van der Waals surface area (Å²) in [7, 11) is 0.